The SMILES string of the molecule is CCCC1(CN(CC)c2cccc(C)c2)CCNCC1. The highest BCUT2D eigenvalue weighted by atomic mass is 15.1. The Morgan fingerprint density at radius 3 is 2.55 bits per heavy atom. The van der Waals surface area contributed by atoms with Gasteiger partial charge in [-0.25, -0.2) is 0 Å². The van der Waals surface area contributed by atoms with Crippen LogP contribution < -0.4 is 10.2 Å². The van der Waals surface area contributed by atoms with Gasteiger partial charge in [0.2, 0.25) is 0 Å². The van der Waals surface area contributed by atoms with Gasteiger partial charge in [-0.1, -0.05) is 25.5 Å². The standard InChI is InChI=1S/C18H30N2/c1-4-9-18(10-12-19-13-11-18)15-20(5-2)17-8-6-7-16(3)14-17/h6-8,14,19H,4-5,9-13,15H2,1-3H3. The summed E-state index contributed by atoms with van der Waals surface area (Å²) in [6, 6.07) is 8.95. The van der Waals surface area contributed by atoms with Crippen molar-refractivity contribution in [3.8, 4) is 0 Å². The predicted molar refractivity (Wildman–Crippen MR) is 88.5 cm³/mol. The lowest BCUT2D eigenvalue weighted by Crippen LogP contribution is -2.45. The molecule has 1 aliphatic rings. The van der Waals surface area contributed by atoms with Gasteiger partial charge in [0.1, 0.15) is 0 Å². The maximum atomic E-state index is 3.52. The predicted octanol–water partition coefficient (Wildman–Crippen LogP) is 3.99. The van der Waals surface area contributed by atoms with E-state index in [1.54, 1.807) is 0 Å². The Balaban J connectivity index is 2.14. The molecule has 0 saturated carbocycles. The second-order valence-electron chi connectivity index (χ2n) is 6.35. The zero-order valence-corrected chi connectivity index (χ0v) is 13.4. The van der Waals surface area contributed by atoms with Gasteiger partial charge in [-0.2, -0.15) is 0 Å². The van der Waals surface area contributed by atoms with Crippen molar-refractivity contribution >= 4 is 5.69 Å². The Labute approximate surface area is 124 Å². The molecule has 0 atom stereocenters. The van der Waals surface area contributed by atoms with Crippen LogP contribution in [0.3, 0.4) is 0 Å². The molecule has 0 aliphatic carbocycles. The van der Waals surface area contributed by atoms with Gasteiger partial charge < -0.3 is 10.2 Å². The van der Waals surface area contributed by atoms with Gasteiger partial charge in [0.15, 0.2) is 0 Å². The first-order chi connectivity index (χ1) is 9.69. The highest BCUT2D eigenvalue weighted by molar-refractivity contribution is 5.48. The van der Waals surface area contributed by atoms with Crippen molar-refractivity contribution in [3.63, 3.8) is 0 Å². The van der Waals surface area contributed by atoms with Crippen molar-refractivity contribution in [3.05, 3.63) is 29.8 Å². The first kappa shape index (κ1) is 15.4. The van der Waals surface area contributed by atoms with Crippen molar-refractivity contribution in [2.45, 2.75) is 46.5 Å². The lowest BCUT2D eigenvalue weighted by Gasteiger charge is -2.42. The Kier molecular flexibility index (Phi) is 5.47. The van der Waals surface area contributed by atoms with E-state index in [4.69, 9.17) is 0 Å². The topological polar surface area (TPSA) is 15.3 Å². The van der Waals surface area contributed by atoms with E-state index in [-0.39, 0.29) is 0 Å². The fourth-order valence-electron chi connectivity index (χ4n) is 3.59. The molecule has 1 N–H and O–H groups in total. The highest BCUT2D eigenvalue weighted by Crippen LogP contribution is 2.36. The minimum absolute atomic E-state index is 0.514. The summed E-state index contributed by atoms with van der Waals surface area (Å²) in [6.07, 6.45) is 5.30. The van der Waals surface area contributed by atoms with Crippen molar-refractivity contribution in [2.75, 3.05) is 31.1 Å². The minimum Gasteiger partial charge on any atom is -0.371 e. The molecule has 2 heteroatoms. The third-order valence-corrected chi connectivity index (χ3v) is 4.72. The summed E-state index contributed by atoms with van der Waals surface area (Å²) in [6.45, 7) is 11.5. The van der Waals surface area contributed by atoms with Crippen LogP contribution in [-0.2, 0) is 0 Å². The van der Waals surface area contributed by atoms with Crippen LogP contribution in [0.2, 0.25) is 0 Å². The van der Waals surface area contributed by atoms with Crippen LogP contribution in [0.5, 0.6) is 0 Å². The normalized spacial score (nSPS) is 17.9. The molecule has 0 spiro atoms. The van der Waals surface area contributed by atoms with Gasteiger partial charge >= 0.3 is 0 Å². The third-order valence-electron chi connectivity index (χ3n) is 4.72. The van der Waals surface area contributed by atoms with Crippen LogP contribution in [-0.4, -0.2) is 26.2 Å². The molecular weight excluding hydrogens is 244 g/mol. The molecule has 0 bridgehead atoms. The lowest BCUT2D eigenvalue weighted by molar-refractivity contribution is 0.188. The summed E-state index contributed by atoms with van der Waals surface area (Å²) >= 11 is 0. The van der Waals surface area contributed by atoms with Crippen molar-refractivity contribution in [1.29, 1.82) is 0 Å². The maximum Gasteiger partial charge on any atom is 0.0368 e. The molecule has 0 unspecified atom stereocenters. The van der Waals surface area contributed by atoms with Crippen LogP contribution in [0.25, 0.3) is 0 Å². The first-order valence-corrected chi connectivity index (χ1v) is 8.21. The molecule has 1 aliphatic heterocycles. The monoisotopic (exact) mass is 274 g/mol. The number of hydrogen-bond donors (Lipinski definition) is 1. The van der Waals surface area contributed by atoms with Crippen molar-refractivity contribution in [1.82, 2.24) is 5.32 Å². The average molecular weight is 274 g/mol. The number of anilines is 1. The van der Waals surface area contributed by atoms with Gasteiger partial charge in [0.25, 0.3) is 0 Å². The minimum atomic E-state index is 0.514. The molecule has 1 heterocycles. The Morgan fingerprint density at radius 1 is 1.20 bits per heavy atom. The molecule has 2 nitrogen and oxygen atoms in total. The zero-order chi connectivity index (χ0) is 14.4. The fraction of sp³-hybridized carbons (Fsp3) is 0.667. The summed E-state index contributed by atoms with van der Waals surface area (Å²) < 4.78 is 0. The summed E-state index contributed by atoms with van der Waals surface area (Å²) in [7, 11) is 0. The molecule has 1 fully saturated rings. The van der Waals surface area contributed by atoms with E-state index in [0.29, 0.717) is 5.41 Å². The van der Waals surface area contributed by atoms with Gasteiger partial charge in [0, 0.05) is 18.8 Å². The molecule has 0 amide bonds. The number of nitrogens with one attached hydrogen (secondary N) is 1. The molecule has 112 valence electrons. The average Bonchev–Trinajstić information content (AvgIpc) is 2.46. The third kappa shape index (κ3) is 3.76. The van der Waals surface area contributed by atoms with E-state index in [1.807, 2.05) is 0 Å². The zero-order valence-electron chi connectivity index (χ0n) is 13.4. The van der Waals surface area contributed by atoms with E-state index < -0.39 is 0 Å². The van der Waals surface area contributed by atoms with Gasteiger partial charge in [0.05, 0.1) is 0 Å². The molecule has 1 aromatic rings. The Morgan fingerprint density at radius 2 is 1.95 bits per heavy atom. The largest absolute Gasteiger partial charge is 0.371 e. The molecule has 1 saturated heterocycles. The fourth-order valence-corrected chi connectivity index (χ4v) is 3.59. The summed E-state index contributed by atoms with van der Waals surface area (Å²) in [5, 5.41) is 3.52. The number of nitrogens with zero attached hydrogens (tertiary/aromatic N) is 1. The molecule has 0 radical (unpaired) electrons. The summed E-state index contributed by atoms with van der Waals surface area (Å²) in [5.41, 5.74) is 3.26. The van der Waals surface area contributed by atoms with Crippen molar-refractivity contribution < 1.29 is 0 Å². The molecule has 0 aromatic heterocycles. The number of aryl methyl sites for hydroxylation is 1. The van der Waals surface area contributed by atoms with E-state index in [2.05, 4.69) is 55.3 Å². The Hall–Kier alpha value is -1.02. The first-order valence-electron chi connectivity index (χ1n) is 8.21. The maximum absolute atomic E-state index is 3.52. The quantitative estimate of drug-likeness (QED) is 0.843. The van der Waals surface area contributed by atoms with Crippen molar-refractivity contribution in [2.24, 2.45) is 5.41 Å². The smallest absolute Gasteiger partial charge is 0.0368 e. The number of rotatable bonds is 6. The van der Waals surface area contributed by atoms with Crippen LogP contribution in [0.1, 0.15) is 45.1 Å². The summed E-state index contributed by atoms with van der Waals surface area (Å²) in [5.74, 6) is 0. The number of hydrogen-bond acceptors (Lipinski definition) is 2. The van der Waals surface area contributed by atoms with E-state index in [9.17, 15) is 0 Å². The summed E-state index contributed by atoms with van der Waals surface area (Å²) in [4.78, 5) is 2.58. The van der Waals surface area contributed by atoms with E-state index in [1.165, 1.54) is 56.6 Å². The van der Waals surface area contributed by atoms with Gasteiger partial charge in [-0.15, -0.1) is 0 Å². The van der Waals surface area contributed by atoms with E-state index in [0.717, 1.165) is 6.54 Å². The molecule has 2 rings (SSSR count). The second kappa shape index (κ2) is 7.12. The van der Waals surface area contributed by atoms with Gasteiger partial charge in [-0.3, -0.25) is 0 Å². The second-order valence-corrected chi connectivity index (χ2v) is 6.35. The number of piperidine rings is 1. The van der Waals surface area contributed by atoms with Crippen LogP contribution in [0.4, 0.5) is 5.69 Å². The molecular formula is C18H30N2. The van der Waals surface area contributed by atoms with Gasteiger partial charge in [-0.05, 0) is 69.3 Å². The lowest BCUT2D eigenvalue weighted by atomic mass is 9.75. The Bertz CT molecular complexity index is 402. The van der Waals surface area contributed by atoms with Crippen LogP contribution >= 0.6 is 0 Å². The van der Waals surface area contributed by atoms with Crippen LogP contribution in [0, 0.1) is 12.3 Å². The molecule has 20 heavy (non-hydrogen) atoms. The van der Waals surface area contributed by atoms with E-state index >= 15 is 0 Å². The molecule has 1 aromatic carbocycles. The highest BCUT2D eigenvalue weighted by Gasteiger charge is 2.32. The number of benzene rings is 1. The van der Waals surface area contributed by atoms with Crippen LogP contribution in [0.15, 0.2) is 24.3 Å².